The molecule has 1 aliphatic heterocycles. The number of hydrogen-bond donors (Lipinski definition) is 2. The van der Waals surface area contributed by atoms with E-state index < -0.39 is 22.4 Å². The number of aryl methyl sites for hydroxylation is 2. The predicted molar refractivity (Wildman–Crippen MR) is 163 cm³/mol. The van der Waals surface area contributed by atoms with Crippen LogP contribution in [0.5, 0.6) is 11.5 Å². The van der Waals surface area contributed by atoms with E-state index in [0.717, 1.165) is 16.7 Å². The van der Waals surface area contributed by atoms with E-state index in [1.807, 2.05) is 32.0 Å². The molecule has 0 fully saturated rings. The van der Waals surface area contributed by atoms with Gasteiger partial charge in [-0.1, -0.05) is 36.4 Å². The number of nitro benzene ring substituents is 1. The summed E-state index contributed by atoms with van der Waals surface area (Å²) in [4.78, 5) is 39.5. The van der Waals surface area contributed by atoms with Crippen molar-refractivity contribution in [2.75, 3.05) is 7.11 Å². The molecular formula is C34H27N3O6. The molecule has 1 aromatic heterocycles. The van der Waals surface area contributed by atoms with Gasteiger partial charge in [0.2, 0.25) is 0 Å². The van der Waals surface area contributed by atoms with Crippen LogP contribution in [-0.4, -0.2) is 27.6 Å². The minimum Gasteiger partial charge on any atom is -0.507 e. The van der Waals surface area contributed by atoms with Gasteiger partial charge < -0.3 is 15.2 Å². The molecule has 0 saturated carbocycles. The minimum absolute atomic E-state index is 0.0749. The summed E-state index contributed by atoms with van der Waals surface area (Å²) in [6.07, 6.45) is 0. The molecular weight excluding hydrogens is 546 g/mol. The number of para-hydroxylation sites is 1. The summed E-state index contributed by atoms with van der Waals surface area (Å²) < 4.78 is 6.69. The number of aromatic nitrogens is 1. The van der Waals surface area contributed by atoms with Gasteiger partial charge in [0.1, 0.15) is 17.2 Å². The molecule has 4 aromatic carbocycles. The Morgan fingerprint density at radius 3 is 2.09 bits per heavy atom. The zero-order valence-corrected chi connectivity index (χ0v) is 23.6. The number of phenols is 1. The number of aromatic hydroxyl groups is 1. The van der Waals surface area contributed by atoms with Crippen molar-refractivity contribution in [3.63, 3.8) is 0 Å². The van der Waals surface area contributed by atoms with Crippen LogP contribution in [0, 0.1) is 24.0 Å². The van der Waals surface area contributed by atoms with Crippen molar-refractivity contribution in [1.29, 1.82) is 0 Å². The number of nitro groups is 1. The first kappa shape index (κ1) is 27.5. The summed E-state index contributed by atoms with van der Waals surface area (Å²) in [5, 5.41) is 25.7. The maximum absolute atomic E-state index is 14.7. The quantitative estimate of drug-likeness (QED) is 0.183. The summed E-state index contributed by atoms with van der Waals surface area (Å²) in [6.45, 7) is 3.92. The van der Waals surface area contributed by atoms with Gasteiger partial charge >= 0.3 is 0 Å². The number of benzene rings is 4. The second kappa shape index (κ2) is 10.6. The Morgan fingerprint density at radius 2 is 1.49 bits per heavy atom. The van der Waals surface area contributed by atoms with Crippen LogP contribution in [0.1, 0.15) is 38.8 Å². The Labute approximate surface area is 246 Å². The molecule has 1 aliphatic rings. The number of hydrogen-bond acceptors (Lipinski definition) is 6. The van der Waals surface area contributed by atoms with Gasteiger partial charge in [0, 0.05) is 34.5 Å². The van der Waals surface area contributed by atoms with Crippen molar-refractivity contribution in [3.05, 3.63) is 139 Å². The summed E-state index contributed by atoms with van der Waals surface area (Å²) >= 11 is 0. The van der Waals surface area contributed by atoms with E-state index in [9.17, 15) is 24.8 Å². The third-order valence-electron chi connectivity index (χ3n) is 7.90. The molecule has 9 nitrogen and oxygen atoms in total. The van der Waals surface area contributed by atoms with Crippen molar-refractivity contribution in [1.82, 2.24) is 9.88 Å². The number of nitrogens with zero attached hydrogens (tertiary/aromatic N) is 2. The van der Waals surface area contributed by atoms with Crippen LogP contribution < -0.4 is 15.6 Å². The van der Waals surface area contributed by atoms with E-state index >= 15 is 0 Å². The van der Waals surface area contributed by atoms with Gasteiger partial charge in [-0.15, -0.1) is 0 Å². The molecule has 6 rings (SSSR count). The highest BCUT2D eigenvalue weighted by atomic mass is 16.6. The second-order valence-electron chi connectivity index (χ2n) is 10.4. The van der Waals surface area contributed by atoms with Crippen molar-refractivity contribution < 1.29 is 19.6 Å². The Kier molecular flexibility index (Phi) is 6.78. The average Bonchev–Trinajstić information content (AvgIpc) is 3.33. The minimum atomic E-state index is -0.653. The van der Waals surface area contributed by atoms with Crippen LogP contribution in [0.3, 0.4) is 0 Å². The number of carbonyl (C=O) groups is 1. The zero-order chi connectivity index (χ0) is 30.4. The van der Waals surface area contributed by atoms with Gasteiger partial charge in [-0.05, 0) is 78.6 Å². The van der Waals surface area contributed by atoms with E-state index in [4.69, 9.17) is 4.74 Å². The van der Waals surface area contributed by atoms with Gasteiger partial charge in [-0.3, -0.25) is 24.3 Å². The number of methoxy groups -OCH3 is 1. The number of nitrogens with one attached hydrogen (secondary N) is 1. The van der Waals surface area contributed by atoms with Crippen LogP contribution in [0.15, 0.2) is 95.8 Å². The van der Waals surface area contributed by atoms with Gasteiger partial charge in [0.15, 0.2) is 0 Å². The molecule has 0 saturated heterocycles. The first-order valence-corrected chi connectivity index (χ1v) is 13.6. The van der Waals surface area contributed by atoms with Crippen molar-refractivity contribution in [3.8, 4) is 39.4 Å². The number of phenolic OH excluding ortho intramolecular Hbond substituents is 1. The van der Waals surface area contributed by atoms with Gasteiger partial charge in [-0.2, -0.15) is 0 Å². The molecule has 214 valence electrons. The summed E-state index contributed by atoms with van der Waals surface area (Å²) in [7, 11) is 1.54. The second-order valence-corrected chi connectivity index (χ2v) is 10.4. The topological polar surface area (TPSA) is 124 Å². The van der Waals surface area contributed by atoms with E-state index in [2.05, 4.69) is 5.32 Å². The highest BCUT2D eigenvalue weighted by Crippen LogP contribution is 2.46. The number of non-ortho nitro benzene ring substituents is 1. The number of ether oxygens (including phenoxy) is 1. The Morgan fingerprint density at radius 1 is 0.837 bits per heavy atom. The van der Waals surface area contributed by atoms with Crippen molar-refractivity contribution in [2.45, 2.75) is 19.9 Å². The van der Waals surface area contributed by atoms with Crippen LogP contribution >= 0.6 is 0 Å². The number of fused-ring (bicyclic) bond motifs is 1. The highest BCUT2D eigenvalue weighted by Gasteiger charge is 2.40. The summed E-state index contributed by atoms with van der Waals surface area (Å²) in [5.74, 6) is 0.0595. The fourth-order valence-electron chi connectivity index (χ4n) is 5.93. The lowest BCUT2D eigenvalue weighted by molar-refractivity contribution is -0.384. The molecule has 0 bridgehead atoms. The molecule has 2 N–H and O–H groups in total. The van der Waals surface area contributed by atoms with Gasteiger partial charge in [0.25, 0.3) is 17.2 Å². The number of carbonyl (C=O) groups excluding carboxylic acids is 1. The molecule has 1 atom stereocenters. The largest absolute Gasteiger partial charge is 0.507 e. The fourth-order valence-corrected chi connectivity index (χ4v) is 5.93. The maximum Gasteiger partial charge on any atom is 0.269 e. The molecule has 0 spiro atoms. The summed E-state index contributed by atoms with van der Waals surface area (Å²) in [6, 6.07) is 24.3. The van der Waals surface area contributed by atoms with Crippen molar-refractivity contribution >= 4 is 11.6 Å². The van der Waals surface area contributed by atoms with E-state index in [1.165, 1.54) is 42.0 Å². The fraction of sp³-hybridized carbons (Fsp3) is 0.118. The maximum atomic E-state index is 14.7. The third kappa shape index (κ3) is 4.51. The van der Waals surface area contributed by atoms with E-state index in [-0.39, 0.29) is 22.7 Å². The summed E-state index contributed by atoms with van der Waals surface area (Å²) in [5.41, 5.74) is 4.55. The Balaban J connectivity index is 1.81. The highest BCUT2D eigenvalue weighted by molar-refractivity contribution is 6.04. The Bertz CT molecular complexity index is 1960. The van der Waals surface area contributed by atoms with Gasteiger partial charge in [-0.25, -0.2) is 0 Å². The monoisotopic (exact) mass is 573 g/mol. The molecule has 1 amide bonds. The lowest BCUT2D eigenvalue weighted by Crippen LogP contribution is -2.28. The van der Waals surface area contributed by atoms with Crippen LogP contribution in [-0.2, 0) is 0 Å². The van der Waals surface area contributed by atoms with Crippen LogP contribution in [0.25, 0.3) is 27.9 Å². The van der Waals surface area contributed by atoms with Crippen LogP contribution in [0.4, 0.5) is 5.69 Å². The zero-order valence-electron chi connectivity index (χ0n) is 23.6. The standard InChI is InChI=1S/C34H27N3O6/c1-19-7-6-8-20(2)27(19)31-30-29(25-9-4-5-10-26(25)38)28(21-11-13-23(14-12-21)37(41)42)34(40)36(32(30)33(39)35-31)22-15-17-24(43-3)18-16-22/h4-18,31,38H,1-3H3,(H,35,39). The number of amides is 1. The van der Waals surface area contributed by atoms with E-state index in [1.54, 1.807) is 42.5 Å². The normalized spacial score (nSPS) is 13.8. The molecule has 9 heteroatoms. The van der Waals surface area contributed by atoms with E-state index in [0.29, 0.717) is 33.7 Å². The molecule has 1 unspecified atom stereocenters. The SMILES string of the molecule is COc1ccc(-n2c3c(c(-c4ccccc4O)c(-c4ccc([N+](=O)[O-])cc4)c2=O)C(c2c(C)cccc2C)NC3=O)cc1. The first-order chi connectivity index (χ1) is 20.7. The van der Waals surface area contributed by atoms with Gasteiger partial charge in [0.05, 0.1) is 23.6 Å². The number of rotatable bonds is 6. The molecule has 2 heterocycles. The molecule has 0 radical (unpaired) electrons. The predicted octanol–water partition coefficient (Wildman–Crippen LogP) is 6.24. The average molecular weight is 574 g/mol. The lowest BCUT2D eigenvalue weighted by Gasteiger charge is -2.24. The number of pyridine rings is 1. The van der Waals surface area contributed by atoms with Crippen LogP contribution in [0.2, 0.25) is 0 Å². The molecule has 0 aliphatic carbocycles. The first-order valence-electron chi connectivity index (χ1n) is 13.6. The third-order valence-corrected chi connectivity index (χ3v) is 7.90. The Hall–Kier alpha value is -5.70. The molecule has 5 aromatic rings. The molecule has 43 heavy (non-hydrogen) atoms. The smallest absolute Gasteiger partial charge is 0.269 e. The van der Waals surface area contributed by atoms with Crippen molar-refractivity contribution in [2.24, 2.45) is 0 Å². The lowest BCUT2D eigenvalue weighted by atomic mass is 9.84.